The Morgan fingerprint density at radius 1 is 0.415 bits per heavy atom. The maximum Gasteiger partial charge on any atom is 0.0565 e. The molecule has 0 spiro atoms. The van der Waals surface area contributed by atoms with Crippen molar-refractivity contribution in [3.05, 3.63) is 0 Å². The van der Waals surface area contributed by atoms with Crippen LogP contribution in [0, 0.1) is 5.92 Å². The fraction of sp³-hybridized carbons (Fsp3) is 0.906. The summed E-state index contributed by atoms with van der Waals surface area (Å²) in [6.07, 6.45) is 16.2. The summed E-state index contributed by atoms with van der Waals surface area (Å²) in [7, 11) is -1.26. The summed E-state index contributed by atoms with van der Waals surface area (Å²) in [5.74, 6) is -5.27. The molecule has 0 amide bonds. The SMILES string of the molecule is CC[P+](CC)(CC)CC.CC[P+](CC)(CC)CC.CC[P+](CC)(CC)CC.O=C([O-])CCC(CCC(=O)[O-])C(=O)[O-]. The molecule has 248 valence electrons. The number of aliphatic carboxylic acids is 3. The summed E-state index contributed by atoms with van der Waals surface area (Å²) in [4.78, 5) is 30.4. The third kappa shape index (κ3) is 22.8. The first-order chi connectivity index (χ1) is 19.2. The molecule has 0 aliphatic rings. The van der Waals surface area contributed by atoms with Crippen molar-refractivity contribution in [2.75, 3.05) is 73.9 Å². The fourth-order valence-electron chi connectivity index (χ4n) is 4.99. The highest BCUT2D eigenvalue weighted by atomic mass is 31.2. The lowest BCUT2D eigenvalue weighted by Gasteiger charge is -2.20. The number of rotatable bonds is 19. The molecule has 0 aromatic rings. The molecule has 0 rings (SSSR count). The van der Waals surface area contributed by atoms with Gasteiger partial charge in [0.05, 0.1) is 73.9 Å². The first kappa shape index (κ1) is 47.6. The van der Waals surface area contributed by atoms with Crippen LogP contribution in [0.25, 0.3) is 0 Å². The lowest BCUT2D eigenvalue weighted by atomic mass is 9.98. The van der Waals surface area contributed by atoms with Gasteiger partial charge in [-0.25, -0.2) is 0 Å². The van der Waals surface area contributed by atoms with Crippen molar-refractivity contribution in [1.29, 1.82) is 0 Å². The molecule has 0 fully saturated rings. The predicted octanol–water partition coefficient (Wildman–Crippen LogP) is 5.66. The van der Waals surface area contributed by atoms with E-state index in [1.54, 1.807) is 0 Å². The van der Waals surface area contributed by atoms with Crippen LogP contribution in [0.2, 0.25) is 0 Å². The van der Waals surface area contributed by atoms with Crippen LogP contribution in [-0.2, 0) is 14.4 Å². The fourth-order valence-corrected chi connectivity index (χ4v) is 13.0. The van der Waals surface area contributed by atoms with Gasteiger partial charge in [-0.1, -0.05) is 0 Å². The van der Waals surface area contributed by atoms with Crippen LogP contribution in [0.1, 0.15) is 109 Å². The van der Waals surface area contributed by atoms with E-state index < -0.39 is 58.5 Å². The van der Waals surface area contributed by atoms with Crippen LogP contribution in [0.15, 0.2) is 0 Å². The minimum absolute atomic E-state index is 0.183. The molecule has 9 heteroatoms. The topological polar surface area (TPSA) is 120 Å². The summed E-state index contributed by atoms with van der Waals surface area (Å²) < 4.78 is 0. The molecule has 0 saturated heterocycles. The number of carboxylic acids is 3. The molecule has 0 radical (unpaired) electrons. The molecule has 0 aromatic carbocycles. The Balaban J connectivity index is -0.000000228. The highest BCUT2D eigenvalue weighted by molar-refractivity contribution is 7.76. The largest absolute Gasteiger partial charge is 0.550 e. The van der Waals surface area contributed by atoms with Gasteiger partial charge in [0.15, 0.2) is 0 Å². The number of carboxylic acid groups (broad SMARTS) is 3. The van der Waals surface area contributed by atoms with Gasteiger partial charge in [-0.15, -0.1) is 0 Å². The van der Waals surface area contributed by atoms with Crippen molar-refractivity contribution in [2.24, 2.45) is 5.92 Å². The van der Waals surface area contributed by atoms with Crippen LogP contribution in [0.4, 0.5) is 0 Å². The first-order valence-electron chi connectivity index (χ1n) is 16.3. The van der Waals surface area contributed by atoms with Crippen molar-refractivity contribution in [3.63, 3.8) is 0 Å². The summed E-state index contributed by atoms with van der Waals surface area (Å²) in [5, 5.41) is 30.4. The third-order valence-electron chi connectivity index (χ3n) is 9.78. The van der Waals surface area contributed by atoms with Gasteiger partial charge in [-0.05, 0) is 115 Å². The van der Waals surface area contributed by atoms with E-state index in [0.717, 1.165) is 0 Å². The minimum atomic E-state index is -1.45. The number of hydrogen-bond acceptors (Lipinski definition) is 6. The number of hydrogen-bond donors (Lipinski definition) is 0. The van der Waals surface area contributed by atoms with Gasteiger partial charge >= 0.3 is 0 Å². The van der Waals surface area contributed by atoms with Gasteiger partial charge in [-0.3, -0.25) is 0 Å². The lowest BCUT2D eigenvalue weighted by Crippen LogP contribution is -2.34. The smallest absolute Gasteiger partial charge is 0.0565 e. The maximum atomic E-state index is 10.4. The molecular formula is C32H69O6P3. The van der Waals surface area contributed by atoms with E-state index in [4.69, 9.17) is 0 Å². The zero-order valence-electron chi connectivity index (χ0n) is 29.2. The van der Waals surface area contributed by atoms with E-state index in [1.165, 1.54) is 73.9 Å². The Morgan fingerprint density at radius 3 is 0.659 bits per heavy atom. The second kappa shape index (κ2) is 28.5. The van der Waals surface area contributed by atoms with E-state index in [-0.39, 0.29) is 12.8 Å². The molecule has 0 heterocycles. The third-order valence-corrected chi connectivity index (χ3v) is 25.9. The highest BCUT2D eigenvalue weighted by Gasteiger charge is 2.29. The first-order valence-corrected chi connectivity index (χ1v) is 23.9. The predicted molar refractivity (Wildman–Crippen MR) is 184 cm³/mol. The Hall–Kier alpha value is -0.300. The van der Waals surface area contributed by atoms with Gasteiger partial charge in [0.25, 0.3) is 0 Å². The van der Waals surface area contributed by atoms with Crippen molar-refractivity contribution in [1.82, 2.24) is 0 Å². The van der Waals surface area contributed by atoms with Gasteiger partial charge in [-0.2, -0.15) is 0 Å². The minimum Gasteiger partial charge on any atom is -0.550 e. The van der Waals surface area contributed by atoms with Crippen molar-refractivity contribution in [3.8, 4) is 0 Å². The zero-order chi connectivity index (χ0) is 33.1. The maximum absolute atomic E-state index is 10.4. The summed E-state index contributed by atoms with van der Waals surface area (Å²) >= 11 is 0. The van der Waals surface area contributed by atoms with Crippen LogP contribution < -0.4 is 15.3 Å². The average Bonchev–Trinajstić information content (AvgIpc) is 2.98. The van der Waals surface area contributed by atoms with Crippen LogP contribution in [0.3, 0.4) is 0 Å². The summed E-state index contributed by atoms with van der Waals surface area (Å²) in [6.45, 7) is 28.2. The molecule has 0 bridgehead atoms. The molecule has 0 unspecified atom stereocenters. The second-order valence-corrected chi connectivity index (χ2v) is 26.3. The van der Waals surface area contributed by atoms with Crippen molar-refractivity contribution >= 4 is 39.7 Å². The molecule has 0 aliphatic heterocycles. The second-order valence-electron chi connectivity index (χ2n) is 10.7. The lowest BCUT2D eigenvalue weighted by molar-refractivity contribution is -0.314. The summed E-state index contributed by atoms with van der Waals surface area (Å²) in [6, 6.07) is 0. The molecule has 6 nitrogen and oxygen atoms in total. The molecular weight excluding hydrogens is 573 g/mol. The van der Waals surface area contributed by atoms with Gasteiger partial charge in [0.1, 0.15) is 0 Å². The Labute approximate surface area is 257 Å². The monoisotopic (exact) mass is 642 g/mol. The van der Waals surface area contributed by atoms with E-state index in [2.05, 4.69) is 83.1 Å². The zero-order valence-corrected chi connectivity index (χ0v) is 31.9. The molecule has 0 saturated carbocycles. The van der Waals surface area contributed by atoms with Gasteiger partial charge in [0, 0.05) is 39.7 Å². The molecule has 41 heavy (non-hydrogen) atoms. The molecule has 0 aliphatic carbocycles. The normalized spacial score (nSPS) is 11.3. The average molecular weight is 643 g/mol. The molecule has 0 atom stereocenters. The van der Waals surface area contributed by atoms with E-state index >= 15 is 0 Å². The van der Waals surface area contributed by atoms with E-state index in [1.807, 2.05) is 0 Å². The van der Waals surface area contributed by atoms with E-state index in [0.29, 0.717) is 0 Å². The highest BCUT2D eigenvalue weighted by Crippen LogP contribution is 2.58. The summed E-state index contributed by atoms with van der Waals surface area (Å²) in [5.41, 5.74) is 0. The Bertz CT molecular complexity index is 527. The van der Waals surface area contributed by atoms with E-state index in [9.17, 15) is 29.7 Å². The molecule has 0 aromatic heterocycles. The standard InChI is InChI=1S/C8H12O6.3C8H20P/c9-6(10)3-1-5(8(13)14)2-4-7(11)12;3*1-5-9(6-2,7-3)8-4/h5H,1-4H2,(H,9,10)(H,11,12)(H,13,14);3*5-8H2,1-4H3/q;3*+1/p-3. The van der Waals surface area contributed by atoms with Crippen LogP contribution in [-0.4, -0.2) is 91.9 Å². The Morgan fingerprint density at radius 2 is 0.585 bits per heavy atom. The number of carbonyl (C=O) groups excluding carboxylic acids is 3. The Kier molecular flexibility index (Phi) is 33.1. The number of carbonyl (C=O) groups is 3. The van der Waals surface area contributed by atoms with Crippen LogP contribution in [0.5, 0.6) is 0 Å². The van der Waals surface area contributed by atoms with Gasteiger partial charge in [0.2, 0.25) is 0 Å². The quantitative estimate of drug-likeness (QED) is 0.168. The van der Waals surface area contributed by atoms with Crippen molar-refractivity contribution in [2.45, 2.75) is 109 Å². The van der Waals surface area contributed by atoms with Gasteiger partial charge < -0.3 is 29.7 Å². The molecule has 0 N–H and O–H groups in total. The van der Waals surface area contributed by atoms with Crippen LogP contribution >= 0.6 is 21.8 Å². The van der Waals surface area contributed by atoms with Crippen molar-refractivity contribution < 1.29 is 29.7 Å².